The molecule has 6 unspecified atom stereocenters. The van der Waals surface area contributed by atoms with Crippen molar-refractivity contribution in [1.29, 1.82) is 0 Å². The molecule has 0 aliphatic carbocycles. The van der Waals surface area contributed by atoms with Gasteiger partial charge in [0.15, 0.2) is 24.6 Å². The summed E-state index contributed by atoms with van der Waals surface area (Å²) in [5, 5.41) is 31.5. The first-order valence-electron chi connectivity index (χ1n) is 30.3. The third-order valence-electron chi connectivity index (χ3n) is 13.5. The molecule has 0 aromatic rings. The van der Waals surface area contributed by atoms with Crippen molar-refractivity contribution in [2.75, 3.05) is 13.2 Å². The highest BCUT2D eigenvalue weighted by atomic mass is 16.7. The second-order valence-electron chi connectivity index (χ2n) is 20.6. The number of unbranched alkanes of at least 4 members (excludes halogenated alkanes) is 27. The van der Waals surface area contributed by atoms with Crippen molar-refractivity contribution in [3.63, 3.8) is 0 Å². The van der Waals surface area contributed by atoms with E-state index in [0.717, 1.165) is 122 Å². The van der Waals surface area contributed by atoms with Crippen LogP contribution in [0.5, 0.6) is 0 Å². The molecule has 3 N–H and O–H groups in total. The Morgan fingerprint density at radius 3 is 1.25 bits per heavy atom. The van der Waals surface area contributed by atoms with Gasteiger partial charge in [0.1, 0.15) is 18.8 Å². The first-order chi connectivity index (χ1) is 36.6. The Morgan fingerprint density at radius 1 is 0.440 bits per heavy atom. The van der Waals surface area contributed by atoms with E-state index in [1.165, 1.54) is 83.5 Å². The first-order valence-corrected chi connectivity index (χ1v) is 30.3. The van der Waals surface area contributed by atoms with Crippen LogP contribution in [0.4, 0.5) is 0 Å². The van der Waals surface area contributed by atoms with Crippen LogP contribution in [-0.4, -0.2) is 89.2 Å². The van der Waals surface area contributed by atoms with Gasteiger partial charge in [0.25, 0.3) is 0 Å². The lowest BCUT2D eigenvalue weighted by atomic mass is 9.98. The third-order valence-corrected chi connectivity index (χ3v) is 13.5. The molecule has 12 nitrogen and oxygen atoms in total. The Morgan fingerprint density at radius 2 is 0.813 bits per heavy atom. The zero-order valence-corrected chi connectivity index (χ0v) is 47.5. The predicted molar refractivity (Wildman–Crippen MR) is 303 cm³/mol. The fraction of sp³-hybridized carbons (Fsp3) is 0.778. The van der Waals surface area contributed by atoms with Gasteiger partial charge in [-0.25, -0.2) is 4.79 Å². The average Bonchev–Trinajstić information content (AvgIpc) is 3.39. The molecule has 0 bridgehead atoms. The van der Waals surface area contributed by atoms with E-state index in [-0.39, 0.29) is 25.9 Å². The average molecular weight is 1060 g/mol. The summed E-state index contributed by atoms with van der Waals surface area (Å²) in [5.74, 6) is -3.15. The summed E-state index contributed by atoms with van der Waals surface area (Å²) < 4.78 is 28.4. The number of hydrogen-bond acceptors (Lipinski definition) is 11. The minimum absolute atomic E-state index is 0.0531. The van der Waals surface area contributed by atoms with Gasteiger partial charge in [-0.1, -0.05) is 204 Å². The molecule has 0 amide bonds. The Kier molecular flexibility index (Phi) is 47.4. The largest absolute Gasteiger partial charge is 0.479 e. The molecule has 1 rings (SSSR count). The first kappa shape index (κ1) is 69.4. The van der Waals surface area contributed by atoms with E-state index in [1.807, 2.05) is 0 Å². The predicted octanol–water partition coefficient (Wildman–Crippen LogP) is 15.6. The maximum Gasteiger partial charge on any atom is 0.335 e. The van der Waals surface area contributed by atoms with Gasteiger partial charge in [0, 0.05) is 19.3 Å². The number of hydrogen-bond donors (Lipinski definition) is 3. The summed E-state index contributed by atoms with van der Waals surface area (Å²) in [6.07, 6.45) is 50.4. The van der Waals surface area contributed by atoms with E-state index in [1.54, 1.807) is 0 Å². The zero-order valence-electron chi connectivity index (χ0n) is 47.5. The summed E-state index contributed by atoms with van der Waals surface area (Å²) in [6.45, 7) is 5.89. The van der Waals surface area contributed by atoms with Crippen LogP contribution in [0.15, 0.2) is 60.8 Å². The molecule has 0 aromatic heterocycles. The van der Waals surface area contributed by atoms with Gasteiger partial charge in [0.2, 0.25) is 0 Å². The van der Waals surface area contributed by atoms with Crippen molar-refractivity contribution >= 4 is 23.9 Å². The lowest BCUT2D eigenvalue weighted by Gasteiger charge is -2.40. The summed E-state index contributed by atoms with van der Waals surface area (Å²) >= 11 is 0. The maximum atomic E-state index is 13.1. The van der Waals surface area contributed by atoms with Crippen molar-refractivity contribution in [2.24, 2.45) is 0 Å². The molecule has 0 spiro atoms. The number of allylic oxidation sites excluding steroid dienone is 10. The monoisotopic (exact) mass is 1060 g/mol. The van der Waals surface area contributed by atoms with Gasteiger partial charge in [-0.15, -0.1) is 0 Å². The summed E-state index contributed by atoms with van der Waals surface area (Å²) in [4.78, 5) is 51.1. The quantitative estimate of drug-likeness (QED) is 0.0228. The van der Waals surface area contributed by atoms with Crippen LogP contribution in [0, 0.1) is 0 Å². The molecule has 12 heteroatoms. The minimum atomic E-state index is -1.91. The second kappa shape index (κ2) is 51.2. The van der Waals surface area contributed by atoms with Gasteiger partial charge in [-0.2, -0.15) is 0 Å². The molecule has 1 aliphatic heterocycles. The second-order valence-corrected chi connectivity index (χ2v) is 20.6. The molecule has 0 aromatic carbocycles. The van der Waals surface area contributed by atoms with E-state index in [9.17, 15) is 34.5 Å². The van der Waals surface area contributed by atoms with Gasteiger partial charge in [0.05, 0.1) is 6.61 Å². The number of carboxylic acid groups (broad SMARTS) is 1. The van der Waals surface area contributed by atoms with Crippen molar-refractivity contribution in [2.45, 2.75) is 302 Å². The molecule has 1 heterocycles. The van der Waals surface area contributed by atoms with Crippen LogP contribution >= 0.6 is 0 Å². The standard InChI is InChI=1S/C63H108O12/c1-4-7-10-13-16-19-22-24-26-27-28-29-31-33-36-39-42-45-48-51-57(66)74-61-59(68)58(67)60(62(69)70)75-63(61)72-53-54(73-56(65)50-47-44-41-38-34-21-18-15-12-9-6-3)52-71-55(64)49-46-43-40-37-35-32-30-25-23-20-17-14-11-8-5-2/h15-20,24-26,30,54,58-61,63,67-68H,4-14,21-23,27-29,31-53H2,1-3H3,(H,69,70)/b18-15-,19-16-,20-17-,26-24-,30-25-. The maximum absolute atomic E-state index is 13.1. The fourth-order valence-corrected chi connectivity index (χ4v) is 8.82. The minimum Gasteiger partial charge on any atom is -0.479 e. The molecule has 1 aliphatic rings. The van der Waals surface area contributed by atoms with Crippen molar-refractivity contribution in [3.05, 3.63) is 60.8 Å². The van der Waals surface area contributed by atoms with Crippen LogP contribution in [0.1, 0.15) is 265 Å². The molecular formula is C63H108O12. The molecule has 6 atom stereocenters. The van der Waals surface area contributed by atoms with E-state index in [0.29, 0.717) is 19.3 Å². The number of ether oxygens (including phenoxy) is 5. The number of esters is 3. The van der Waals surface area contributed by atoms with Crippen molar-refractivity contribution in [3.8, 4) is 0 Å². The van der Waals surface area contributed by atoms with Crippen LogP contribution in [0.3, 0.4) is 0 Å². The number of carbonyl (C=O) groups excluding carboxylic acids is 3. The molecular weight excluding hydrogens is 949 g/mol. The van der Waals surface area contributed by atoms with Crippen molar-refractivity contribution in [1.82, 2.24) is 0 Å². The van der Waals surface area contributed by atoms with Crippen LogP contribution in [0.2, 0.25) is 0 Å². The summed E-state index contributed by atoms with van der Waals surface area (Å²) in [7, 11) is 0. The molecule has 432 valence electrons. The highest BCUT2D eigenvalue weighted by Gasteiger charge is 2.50. The Labute approximate surface area is 456 Å². The van der Waals surface area contributed by atoms with Gasteiger partial charge in [-0.05, 0) is 103 Å². The van der Waals surface area contributed by atoms with E-state index >= 15 is 0 Å². The topological polar surface area (TPSA) is 175 Å². The van der Waals surface area contributed by atoms with E-state index in [2.05, 4.69) is 81.5 Å². The third kappa shape index (κ3) is 41.2. The lowest BCUT2D eigenvalue weighted by Crippen LogP contribution is -2.61. The van der Waals surface area contributed by atoms with Gasteiger partial charge < -0.3 is 39.0 Å². The number of carboxylic acids is 1. The number of aliphatic hydroxyl groups is 2. The summed E-state index contributed by atoms with van der Waals surface area (Å²) in [6, 6.07) is 0. The zero-order chi connectivity index (χ0) is 54.7. The Hall–Kier alpha value is -3.58. The molecule has 1 saturated heterocycles. The molecule has 0 radical (unpaired) electrons. The van der Waals surface area contributed by atoms with Crippen molar-refractivity contribution < 1.29 is 58.2 Å². The highest BCUT2D eigenvalue weighted by Crippen LogP contribution is 2.26. The lowest BCUT2D eigenvalue weighted by molar-refractivity contribution is -0.301. The summed E-state index contributed by atoms with van der Waals surface area (Å²) in [5.41, 5.74) is 0. The smallest absolute Gasteiger partial charge is 0.335 e. The van der Waals surface area contributed by atoms with E-state index < -0.39 is 67.3 Å². The Bertz CT molecular complexity index is 1540. The highest BCUT2D eigenvalue weighted by molar-refractivity contribution is 5.74. The number of carbonyl (C=O) groups is 4. The number of aliphatic hydroxyl groups excluding tert-OH is 2. The van der Waals surface area contributed by atoms with Gasteiger partial charge >= 0.3 is 23.9 Å². The Balaban J connectivity index is 2.66. The number of aliphatic carboxylic acids is 1. The van der Waals surface area contributed by atoms with Crippen LogP contribution in [-0.2, 0) is 42.9 Å². The SMILES string of the molecule is CCCC/C=C\CCCCCCCC(=O)OC(COC(=O)CCCCCCC/C=C\C/C=C\CCCCC)COC1OC(C(=O)O)C(O)C(O)C1OC(=O)CCCCCCCCCCC/C=C\C/C=C\CCCCC. The fourth-order valence-electron chi connectivity index (χ4n) is 8.82. The van der Waals surface area contributed by atoms with Gasteiger partial charge in [-0.3, -0.25) is 14.4 Å². The van der Waals surface area contributed by atoms with E-state index in [4.69, 9.17) is 23.7 Å². The molecule has 1 fully saturated rings. The molecule has 0 saturated carbocycles. The normalized spacial score (nSPS) is 18.5. The van der Waals surface area contributed by atoms with Crippen LogP contribution < -0.4 is 0 Å². The number of rotatable bonds is 51. The molecule has 75 heavy (non-hydrogen) atoms. The van der Waals surface area contributed by atoms with Crippen LogP contribution in [0.25, 0.3) is 0 Å².